The van der Waals surface area contributed by atoms with Gasteiger partial charge in [-0.05, 0) is 19.1 Å². The van der Waals surface area contributed by atoms with Crippen molar-refractivity contribution in [1.29, 1.82) is 0 Å². The number of carboxylic acid groups (broad SMARTS) is 1. The summed E-state index contributed by atoms with van der Waals surface area (Å²) in [6, 6.07) is 3.35. The maximum absolute atomic E-state index is 11.0. The fourth-order valence-corrected chi connectivity index (χ4v) is 1.57. The van der Waals surface area contributed by atoms with Crippen LogP contribution in [0.25, 0.3) is 0 Å². The lowest BCUT2D eigenvalue weighted by molar-refractivity contribution is 0.0691. The molecular weight excluding hydrogens is 234 g/mol. The summed E-state index contributed by atoms with van der Waals surface area (Å²) >= 11 is 0. The first kappa shape index (κ1) is 12.0. The number of aryl methyl sites for hydroxylation is 1. The number of rotatable bonds is 5. The molecule has 0 spiro atoms. The Hall–Kier alpha value is -2.44. The van der Waals surface area contributed by atoms with E-state index >= 15 is 0 Å². The number of anilines is 1. The lowest BCUT2D eigenvalue weighted by Gasteiger charge is -2.08. The third-order valence-electron chi connectivity index (χ3n) is 2.48. The van der Waals surface area contributed by atoms with Gasteiger partial charge in [0.2, 0.25) is 0 Å². The summed E-state index contributed by atoms with van der Waals surface area (Å²) in [7, 11) is 0. The Morgan fingerprint density at radius 2 is 2.39 bits per heavy atom. The van der Waals surface area contributed by atoms with Crippen LogP contribution in [-0.2, 0) is 13.1 Å². The second-order valence-electron chi connectivity index (χ2n) is 3.59. The van der Waals surface area contributed by atoms with Gasteiger partial charge in [-0.15, -0.1) is 10.2 Å². The van der Waals surface area contributed by atoms with Crippen LogP contribution >= 0.6 is 0 Å². The molecule has 2 rings (SSSR count). The fraction of sp³-hybridized carbons (Fsp3) is 0.273. The van der Waals surface area contributed by atoms with Crippen molar-refractivity contribution in [3.05, 3.63) is 36.2 Å². The third kappa shape index (κ3) is 2.45. The van der Waals surface area contributed by atoms with Gasteiger partial charge in [0.25, 0.3) is 0 Å². The minimum Gasteiger partial charge on any atom is -0.476 e. The third-order valence-corrected chi connectivity index (χ3v) is 2.48. The predicted molar refractivity (Wildman–Crippen MR) is 64.2 cm³/mol. The molecule has 0 aromatic carbocycles. The van der Waals surface area contributed by atoms with E-state index in [1.54, 1.807) is 18.5 Å². The molecule has 0 atom stereocenters. The normalized spacial score (nSPS) is 10.3. The van der Waals surface area contributed by atoms with Crippen LogP contribution in [0.2, 0.25) is 0 Å². The SMILES string of the molecule is CCn1cnnc1CNc1cccnc1C(=O)O. The Labute approximate surface area is 104 Å². The molecule has 7 nitrogen and oxygen atoms in total. The van der Waals surface area contributed by atoms with Crippen LogP contribution in [0.4, 0.5) is 5.69 Å². The van der Waals surface area contributed by atoms with Crippen molar-refractivity contribution in [2.45, 2.75) is 20.0 Å². The summed E-state index contributed by atoms with van der Waals surface area (Å²) in [6.45, 7) is 3.16. The zero-order valence-corrected chi connectivity index (χ0v) is 9.87. The summed E-state index contributed by atoms with van der Waals surface area (Å²) in [5.41, 5.74) is 0.468. The molecule has 0 fully saturated rings. The minimum absolute atomic E-state index is 0.0000591. The van der Waals surface area contributed by atoms with Crippen molar-refractivity contribution in [2.75, 3.05) is 5.32 Å². The number of carboxylic acids is 1. The molecule has 0 saturated carbocycles. The minimum atomic E-state index is -1.06. The Morgan fingerprint density at radius 1 is 1.56 bits per heavy atom. The second-order valence-corrected chi connectivity index (χ2v) is 3.59. The van der Waals surface area contributed by atoms with Crippen molar-refractivity contribution in [3.63, 3.8) is 0 Å². The number of hydrogen-bond acceptors (Lipinski definition) is 5. The first-order valence-electron chi connectivity index (χ1n) is 5.51. The second kappa shape index (κ2) is 5.26. The van der Waals surface area contributed by atoms with E-state index in [4.69, 9.17) is 5.11 Å². The van der Waals surface area contributed by atoms with Crippen molar-refractivity contribution < 1.29 is 9.90 Å². The van der Waals surface area contributed by atoms with E-state index in [0.717, 1.165) is 12.4 Å². The zero-order valence-electron chi connectivity index (χ0n) is 9.87. The van der Waals surface area contributed by atoms with Crippen LogP contribution in [0.5, 0.6) is 0 Å². The molecule has 0 amide bonds. The molecule has 0 aliphatic rings. The molecule has 0 unspecified atom stereocenters. The van der Waals surface area contributed by atoms with Crippen LogP contribution in [0.1, 0.15) is 23.2 Å². The average molecular weight is 247 g/mol. The monoisotopic (exact) mass is 247 g/mol. The molecule has 7 heteroatoms. The smallest absolute Gasteiger partial charge is 0.356 e. The number of aromatic carboxylic acids is 1. The topological polar surface area (TPSA) is 92.9 Å². The number of hydrogen-bond donors (Lipinski definition) is 2. The van der Waals surface area contributed by atoms with Gasteiger partial charge in [-0.1, -0.05) is 0 Å². The summed E-state index contributed by atoms with van der Waals surface area (Å²) in [5.74, 6) is -0.312. The molecule has 0 aliphatic heterocycles. The molecule has 2 heterocycles. The van der Waals surface area contributed by atoms with E-state index in [1.807, 2.05) is 11.5 Å². The number of pyridine rings is 1. The van der Waals surface area contributed by atoms with Gasteiger partial charge in [-0.25, -0.2) is 9.78 Å². The highest BCUT2D eigenvalue weighted by Crippen LogP contribution is 2.12. The fourth-order valence-electron chi connectivity index (χ4n) is 1.57. The van der Waals surface area contributed by atoms with Crippen LogP contribution < -0.4 is 5.32 Å². The van der Waals surface area contributed by atoms with Crippen molar-refractivity contribution >= 4 is 11.7 Å². The molecule has 18 heavy (non-hydrogen) atoms. The van der Waals surface area contributed by atoms with Gasteiger partial charge in [-0.3, -0.25) is 0 Å². The highest BCUT2D eigenvalue weighted by atomic mass is 16.4. The standard InChI is InChI=1S/C11H13N5O2/c1-2-16-7-14-15-9(16)6-13-8-4-3-5-12-10(8)11(17)18/h3-5,7,13H,2,6H2,1H3,(H,17,18). The highest BCUT2D eigenvalue weighted by Gasteiger charge is 2.11. The Balaban J connectivity index is 2.13. The first-order chi connectivity index (χ1) is 8.72. The van der Waals surface area contributed by atoms with Gasteiger partial charge < -0.3 is 15.0 Å². The maximum atomic E-state index is 11.0. The Kier molecular flexibility index (Phi) is 3.52. The predicted octanol–water partition coefficient (Wildman–Crippen LogP) is 1.00. The molecular formula is C11H13N5O2. The van der Waals surface area contributed by atoms with Crippen LogP contribution in [0.3, 0.4) is 0 Å². The molecule has 2 N–H and O–H groups in total. The Bertz CT molecular complexity index is 552. The molecule has 0 saturated heterocycles. The van der Waals surface area contributed by atoms with E-state index < -0.39 is 5.97 Å². The zero-order chi connectivity index (χ0) is 13.0. The van der Waals surface area contributed by atoms with E-state index in [2.05, 4.69) is 20.5 Å². The number of carbonyl (C=O) groups is 1. The molecule has 0 radical (unpaired) electrons. The van der Waals surface area contributed by atoms with Gasteiger partial charge in [0, 0.05) is 12.7 Å². The van der Waals surface area contributed by atoms with Gasteiger partial charge >= 0.3 is 5.97 Å². The van der Waals surface area contributed by atoms with Crippen LogP contribution in [0.15, 0.2) is 24.7 Å². The van der Waals surface area contributed by atoms with Crippen molar-refractivity contribution in [1.82, 2.24) is 19.7 Å². The summed E-state index contributed by atoms with van der Waals surface area (Å²) in [5, 5.41) is 19.8. The molecule has 2 aromatic rings. The largest absolute Gasteiger partial charge is 0.476 e. The number of nitrogens with zero attached hydrogens (tertiary/aromatic N) is 4. The molecule has 0 aliphatic carbocycles. The Morgan fingerprint density at radius 3 is 3.11 bits per heavy atom. The molecule has 0 bridgehead atoms. The maximum Gasteiger partial charge on any atom is 0.356 e. The van der Waals surface area contributed by atoms with E-state index in [-0.39, 0.29) is 5.69 Å². The average Bonchev–Trinajstić information content (AvgIpc) is 2.84. The lowest BCUT2D eigenvalue weighted by Crippen LogP contribution is -2.11. The first-order valence-corrected chi connectivity index (χ1v) is 5.51. The van der Waals surface area contributed by atoms with E-state index in [9.17, 15) is 4.79 Å². The van der Waals surface area contributed by atoms with E-state index in [0.29, 0.717) is 12.2 Å². The summed E-state index contributed by atoms with van der Waals surface area (Å²) < 4.78 is 1.88. The molecule has 2 aromatic heterocycles. The van der Waals surface area contributed by atoms with Gasteiger partial charge in [0.15, 0.2) is 11.5 Å². The van der Waals surface area contributed by atoms with Gasteiger partial charge in [0.05, 0.1) is 12.2 Å². The highest BCUT2D eigenvalue weighted by molar-refractivity contribution is 5.91. The van der Waals surface area contributed by atoms with Crippen LogP contribution in [-0.4, -0.2) is 30.8 Å². The number of aromatic nitrogens is 4. The summed E-state index contributed by atoms with van der Waals surface area (Å²) in [4.78, 5) is 14.8. The summed E-state index contributed by atoms with van der Waals surface area (Å²) in [6.07, 6.45) is 3.08. The van der Waals surface area contributed by atoms with Crippen LogP contribution in [0, 0.1) is 0 Å². The van der Waals surface area contributed by atoms with Gasteiger partial charge in [0.1, 0.15) is 6.33 Å². The molecule has 94 valence electrons. The van der Waals surface area contributed by atoms with Crippen molar-refractivity contribution in [2.24, 2.45) is 0 Å². The van der Waals surface area contributed by atoms with Crippen molar-refractivity contribution in [3.8, 4) is 0 Å². The van der Waals surface area contributed by atoms with Gasteiger partial charge in [-0.2, -0.15) is 0 Å². The number of nitrogens with one attached hydrogen (secondary N) is 1. The lowest BCUT2D eigenvalue weighted by atomic mass is 10.3. The quantitative estimate of drug-likeness (QED) is 0.818. The van der Waals surface area contributed by atoms with E-state index in [1.165, 1.54) is 6.20 Å².